The van der Waals surface area contributed by atoms with Gasteiger partial charge in [0.15, 0.2) is 0 Å². The van der Waals surface area contributed by atoms with Crippen LogP contribution in [0, 0.1) is 0 Å². The molecular formula is C21H24ClF3N4O3. The monoisotopic (exact) mass is 472 g/mol. The molecule has 32 heavy (non-hydrogen) atoms. The number of aryl methyl sites for hydroxylation is 1. The number of carboxylic acids is 1. The molecule has 0 spiro atoms. The molecule has 2 aliphatic heterocycles. The Labute approximate surface area is 188 Å². The van der Waals surface area contributed by atoms with Crippen molar-refractivity contribution in [2.75, 3.05) is 13.1 Å². The summed E-state index contributed by atoms with van der Waals surface area (Å²) >= 11 is 5.92. The molecule has 0 aliphatic carbocycles. The van der Waals surface area contributed by atoms with Crippen molar-refractivity contribution in [2.24, 2.45) is 7.05 Å². The van der Waals surface area contributed by atoms with Gasteiger partial charge in [0.25, 0.3) is 5.91 Å². The van der Waals surface area contributed by atoms with Crippen molar-refractivity contribution in [3.8, 4) is 0 Å². The second-order valence-corrected chi connectivity index (χ2v) is 8.24. The van der Waals surface area contributed by atoms with Gasteiger partial charge in [-0.3, -0.25) is 14.4 Å². The van der Waals surface area contributed by atoms with Gasteiger partial charge in [-0.1, -0.05) is 18.0 Å². The molecule has 0 radical (unpaired) electrons. The molecule has 11 heteroatoms. The molecule has 4 rings (SSSR count). The van der Waals surface area contributed by atoms with Crippen molar-refractivity contribution < 1.29 is 27.9 Å². The second kappa shape index (κ2) is 9.91. The number of hydrogen-bond donors (Lipinski definition) is 1. The number of halogens is 4. The molecule has 0 unspecified atom stereocenters. The van der Waals surface area contributed by atoms with E-state index in [1.807, 2.05) is 16.6 Å². The Morgan fingerprint density at radius 1 is 1.09 bits per heavy atom. The van der Waals surface area contributed by atoms with Gasteiger partial charge >= 0.3 is 12.1 Å². The van der Waals surface area contributed by atoms with Crippen molar-refractivity contribution in [3.05, 3.63) is 51.8 Å². The molecular weight excluding hydrogens is 449 g/mol. The lowest BCUT2D eigenvalue weighted by molar-refractivity contribution is -0.192. The summed E-state index contributed by atoms with van der Waals surface area (Å²) in [6, 6.07) is 7.11. The van der Waals surface area contributed by atoms with Crippen molar-refractivity contribution in [3.63, 3.8) is 0 Å². The number of fused-ring (bicyclic) bond motifs is 1. The average Bonchev–Trinajstić information content (AvgIpc) is 3.30. The zero-order valence-electron chi connectivity index (χ0n) is 17.5. The van der Waals surface area contributed by atoms with E-state index in [4.69, 9.17) is 26.6 Å². The number of carbonyl (C=O) groups excluding carboxylic acids is 1. The fraction of sp³-hybridized carbons (Fsp3) is 0.476. The normalized spacial score (nSPS) is 16.3. The fourth-order valence-corrected chi connectivity index (χ4v) is 3.97. The standard InChI is InChI=1S/C19H23ClN4O.C2HF3O2/c1-22-18-13-24(19(25)14-5-7-15(20)8-6-14)11-16(18)17(21-22)12-23-9-3-2-4-10-23;3-2(4,5)1(6)7/h5-8H,2-4,9-13H2,1H3;(H,6,7). The Morgan fingerprint density at radius 2 is 1.69 bits per heavy atom. The van der Waals surface area contributed by atoms with Crippen LogP contribution in [0.4, 0.5) is 13.2 Å². The van der Waals surface area contributed by atoms with Crippen LogP contribution >= 0.6 is 11.6 Å². The molecule has 0 saturated carbocycles. The maximum absolute atomic E-state index is 12.8. The minimum atomic E-state index is -5.08. The molecule has 1 N–H and O–H groups in total. The zero-order chi connectivity index (χ0) is 23.5. The minimum Gasteiger partial charge on any atom is -0.475 e. The SMILES string of the molecule is Cn1nc(CN2CCCCC2)c2c1CN(C(=O)c1ccc(Cl)cc1)C2.O=C(O)C(F)(F)F. The van der Waals surface area contributed by atoms with Crippen molar-refractivity contribution >= 4 is 23.5 Å². The lowest BCUT2D eigenvalue weighted by Gasteiger charge is -2.26. The first-order valence-corrected chi connectivity index (χ1v) is 10.5. The summed E-state index contributed by atoms with van der Waals surface area (Å²) in [5, 5.41) is 12.5. The summed E-state index contributed by atoms with van der Waals surface area (Å²) < 4.78 is 33.7. The first kappa shape index (κ1) is 24.1. The smallest absolute Gasteiger partial charge is 0.475 e. The minimum absolute atomic E-state index is 0.0526. The van der Waals surface area contributed by atoms with Crippen LogP contribution in [0.15, 0.2) is 24.3 Å². The van der Waals surface area contributed by atoms with E-state index in [0.29, 0.717) is 23.7 Å². The summed E-state index contributed by atoms with van der Waals surface area (Å²) in [4.78, 5) is 26.1. The number of carboxylic acid groups (broad SMARTS) is 1. The van der Waals surface area contributed by atoms with Crippen LogP contribution in [0.2, 0.25) is 5.02 Å². The molecule has 2 aliphatic rings. The molecule has 0 bridgehead atoms. The molecule has 1 aromatic heterocycles. The van der Waals surface area contributed by atoms with E-state index in [2.05, 4.69) is 4.90 Å². The molecule has 1 amide bonds. The summed E-state index contributed by atoms with van der Waals surface area (Å²) in [5.41, 5.74) is 4.21. The number of aromatic nitrogens is 2. The maximum Gasteiger partial charge on any atom is 0.490 e. The van der Waals surface area contributed by atoms with Gasteiger partial charge in [-0.25, -0.2) is 4.79 Å². The number of benzene rings is 1. The highest BCUT2D eigenvalue weighted by Gasteiger charge is 2.38. The van der Waals surface area contributed by atoms with E-state index < -0.39 is 12.1 Å². The van der Waals surface area contributed by atoms with Crippen molar-refractivity contribution in [1.29, 1.82) is 0 Å². The molecule has 1 aromatic carbocycles. The van der Waals surface area contributed by atoms with Gasteiger partial charge in [-0.15, -0.1) is 0 Å². The first-order valence-electron chi connectivity index (χ1n) is 10.2. The number of amides is 1. The second-order valence-electron chi connectivity index (χ2n) is 7.80. The summed E-state index contributed by atoms with van der Waals surface area (Å²) in [5.74, 6) is -2.70. The Morgan fingerprint density at radius 3 is 2.25 bits per heavy atom. The maximum atomic E-state index is 12.8. The highest BCUT2D eigenvalue weighted by molar-refractivity contribution is 6.30. The number of likely N-dealkylation sites (tertiary alicyclic amines) is 1. The number of piperidine rings is 1. The van der Waals surface area contributed by atoms with Gasteiger partial charge in [0.2, 0.25) is 0 Å². The highest BCUT2D eigenvalue weighted by Crippen LogP contribution is 2.28. The van der Waals surface area contributed by atoms with Crippen LogP contribution in [0.25, 0.3) is 0 Å². The van der Waals surface area contributed by atoms with E-state index in [1.54, 1.807) is 24.3 Å². The van der Waals surface area contributed by atoms with Gasteiger partial charge in [-0.2, -0.15) is 18.3 Å². The number of aliphatic carboxylic acids is 1. The van der Waals surface area contributed by atoms with Crippen LogP contribution in [-0.2, 0) is 31.5 Å². The predicted octanol–water partition coefficient (Wildman–Crippen LogP) is 3.85. The van der Waals surface area contributed by atoms with Crippen LogP contribution < -0.4 is 0 Å². The molecule has 0 atom stereocenters. The third-order valence-electron chi connectivity index (χ3n) is 5.49. The lowest BCUT2D eigenvalue weighted by Crippen LogP contribution is -2.30. The topological polar surface area (TPSA) is 78.7 Å². The van der Waals surface area contributed by atoms with E-state index in [-0.39, 0.29) is 5.91 Å². The largest absolute Gasteiger partial charge is 0.490 e. The number of alkyl halides is 3. The molecule has 2 aromatic rings. The van der Waals surface area contributed by atoms with Gasteiger partial charge in [0, 0.05) is 29.7 Å². The Balaban J connectivity index is 0.000000360. The summed E-state index contributed by atoms with van der Waals surface area (Å²) in [6.45, 7) is 4.47. The van der Waals surface area contributed by atoms with Gasteiger partial charge in [0.1, 0.15) is 0 Å². The molecule has 3 heterocycles. The summed E-state index contributed by atoms with van der Waals surface area (Å²) in [6.07, 6.45) is -1.20. The van der Waals surface area contributed by atoms with Crippen LogP contribution in [0.5, 0.6) is 0 Å². The molecule has 1 fully saturated rings. The van der Waals surface area contributed by atoms with Crippen molar-refractivity contribution in [2.45, 2.75) is 45.1 Å². The third-order valence-corrected chi connectivity index (χ3v) is 5.74. The number of rotatable bonds is 3. The van der Waals surface area contributed by atoms with Gasteiger partial charge in [-0.05, 0) is 50.2 Å². The Bertz CT molecular complexity index is 970. The lowest BCUT2D eigenvalue weighted by atomic mass is 10.1. The number of nitrogens with zero attached hydrogens (tertiary/aromatic N) is 4. The molecule has 174 valence electrons. The van der Waals surface area contributed by atoms with Gasteiger partial charge in [0.05, 0.1) is 24.5 Å². The van der Waals surface area contributed by atoms with E-state index in [9.17, 15) is 18.0 Å². The molecule has 1 saturated heterocycles. The summed E-state index contributed by atoms with van der Waals surface area (Å²) in [7, 11) is 1.98. The Hall–Kier alpha value is -2.59. The first-order chi connectivity index (χ1) is 15.1. The number of hydrogen-bond acceptors (Lipinski definition) is 4. The average molecular weight is 473 g/mol. The van der Waals surface area contributed by atoms with Crippen LogP contribution in [-0.4, -0.2) is 55.8 Å². The zero-order valence-corrected chi connectivity index (χ0v) is 18.3. The third kappa shape index (κ3) is 5.80. The van der Waals surface area contributed by atoms with E-state index in [1.165, 1.54) is 24.8 Å². The fourth-order valence-electron chi connectivity index (χ4n) is 3.85. The van der Waals surface area contributed by atoms with Crippen LogP contribution in [0.1, 0.15) is 46.6 Å². The van der Waals surface area contributed by atoms with E-state index >= 15 is 0 Å². The number of carbonyl (C=O) groups is 2. The van der Waals surface area contributed by atoms with Gasteiger partial charge < -0.3 is 10.0 Å². The van der Waals surface area contributed by atoms with Crippen molar-refractivity contribution in [1.82, 2.24) is 19.6 Å². The quantitative estimate of drug-likeness (QED) is 0.734. The van der Waals surface area contributed by atoms with Crippen LogP contribution in [0.3, 0.4) is 0 Å². The van der Waals surface area contributed by atoms with E-state index in [0.717, 1.165) is 31.0 Å². The highest BCUT2D eigenvalue weighted by atomic mass is 35.5. The predicted molar refractivity (Wildman–Crippen MR) is 111 cm³/mol. The Kier molecular flexibility index (Phi) is 7.45. The molecule has 7 nitrogen and oxygen atoms in total.